The average Bonchev–Trinajstić information content (AvgIpc) is 3.49. The van der Waals surface area contributed by atoms with Crippen LogP contribution in [-0.4, -0.2) is 55.9 Å². The summed E-state index contributed by atoms with van der Waals surface area (Å²) in [6.45, 7) is 3.05. The van der Waals surface area contributed by atoms with Gasteiger partial charge in [-0.15, -0.1) is 16.4 Å². The highest BCUT2D eigenvalue weighted by molar-refractivity contribution is 7.99. The van der Waals surface area contributed by atoms with E-state index < -0.39 is 0 Å². The fraction of sp³-hybridized carbons (Fsp3) is 0.474. The monoisotopic (exact) mass is 430 g/mol. The number of aromatic nitrogens is 4. The fourth-order valence-corrected chi connectivity index (χ4v) is 5.66. The van der Waals surface area contributed by atoms with Gasteiger partial charge in [-0.3, -0.25) is 19.8 Å². The van der Waals surface area contributed by atoms with Gasteiger partial charge in [0.15, 0.2) is 11.6 Å². The predicted octanol–water partition coefficient (Wildman–Crippen LogP) is 2.64. The van der Waals surface area contributed by atoms with Crippen LogP contribution in [0.2, 0.25) is 0 Å². The highest BCUT2D eigenvalue weighted by Gasteiger charge is 2.42. The molecular formula is C19H22N6O2S2. The minimum atomic E-state index is 0.0529. The molecule has 29 heavy (non-hydrogen) atoms. The molecule has 1 unspecified atom stereocenters. The summed E-state index contributed by atoms with van der Waals surface area (Å²) in [5, 5.41) is 10.8. The second-order valence-electron chi connectivity index (χ2n) is 7.59. The Kier molecular flexibility index (Phi) is 5.38. The zero-order valence-electron chi connectivity index (χ0n) is 15.8. The third kappa shape index (κ3) is 4.24. The number of piperidine rings is 1. The van der Waals surface area contributed by atoms with Gasteiger partial charge in [-0.05, 0) is 36.8 Å². The van der Waals surface area contributed by atoms with Crippen molar-refractivity contribution >= 4 is 29.0 Å². The van der Waals surface area contributed by atoms with Crippen molar-refractivity contribution in [3.63, 3.8) is 0 Å². The van der Waals surface area contributed by atoms with E-state index in [1.54, 1.807) is 23.7 Å². The van der Waals surface area contributed by atoms with E-state index >= 15 is 0 Å². The van der Waals surface area contributed by atoms with Crippen LogP contribution < -0.4 is 5.32 Å². The summed E-state index contributed by atoms with van der Waals surface area (Å²) >= 11 is 3.05. The topological polar surface area (TPSA) is 99.9 Å². The molecule has 1 aliphatic heterocycles. The van der Waals surface area contributed by atoms with Crippen molar-refractivity contribution in [3.8, 4) is 11.6 Å². The number of amides is 1. The number of nitrogens with zero attached hydrogens (tertiary/aromatic N) is 4. The van der Waals surface area contributed by atoms with Crippen LogP contribution in [-0.2, 0) is 11.3 Å². The number of carbonyl (C=O) groups excluding carboxylic acids is 1. The lowest BCUT2D eigenvalue weighted by Gasteiger charge is -2.38. The van der Waals surface area contributed by atoms with Crippen LogP contribution in [0, 0.1) is 11.8 Å². The number of carbonyl (C=O) groups is 1. The Hall–Kier alpha value is -2.17. The first-order valence-corrected chi connectivity index (χ1v) is 11.6. The molecule has 3 atom stereocenters. The normalized spacial score (nSPS) is 24.1. The lowest BCUT2D eigenvalue weighted by atomic mass is 9.92. The average molecular weight is 431 g/mol. The molecule has 3 aromatic heterocycles. The number of nitrogens with one attached hydrogen (secondary N) is 2. The van der Waals surface area contributed by atoms with E-state index in [0.29, 0.717) is 34.3 Å². The van der Waals surface area contributed by atoms with E-state index in [-0.39, 0.29) is 11.9 Å². The standard InChI is InChI=1S/C19H22N6O2S2/c26-16(10-28-19-22-18(23-24-19)15-2-1-5-27-15)21-17-12-3-4-13(17)8-25(7-12)9-14-6-20-11-29-14/h1-2,5-6,11-13,17H,3-4,7-10H2,(H,21,26)(H,22,23,24)/t12-,13+,17?. The van der Waals surface area contributed by atoms with Crippen LogP contribution in [0.15, 0.2) is 39.7 Å². The molecule has 3 aromatic rings. The Morgan fingerprint density at radius 3 is 2.97 bits per heavy atom. The fourth-order valence-electron chi connectivity index (χ4n) is 4.42. The molecule has 0 spiro atoms. The Morgan fingerprint density at radius 2 is 2.24 bits per heavy atom. The van der Waals surface area contributed by atoms with Gasteiger partial charge in [0, 0.05) is 36.8 Å². The first kappa shape index (κ1) is 18.8. The molecule has 1 saturated carbocycles. The molecule has 1 aliphatic carbocycles. The predicted molar refractivity (Wildman–Crippen MR) is 110 cm³/mol. The molecule has 2 aliphatic rings. The zero-order valence-corrected chi connectivity index (χ0v) is 17.4. The Balaban J connectivity index is 1.12. The van der Waals surface area contributed by atoms with Crippen molar-refractivity contribution in [2.75, 3.05) is 18.8 Å². The Labute approximate surface area is 176 Å². The number of likely N-dealkylation sites (tertiary alicyclic amines) is 1. The van der Waals surface area contributed by atoms with Gasteiger partial charge >= 0.3 is 0 Å². The largest absolute Gasteiger partial charge is 0.461 e. The van der Waals surface area contributed by atoms with Crippen LogP contribution in [0.5, 0.6) is 0 Å². The Bertz CT molecular complexity index is 928. The van der Waals surface area contributed by atoms with Crippen molar-refractivity contribution < 1.29 is 9.21 Å². The molecule has 5 rings (SSSR count). The Morgan fingerprint density at radius 1 is 1.38 bits per heavy atom. The van der Waals surface area contributed by atoms with Gasteiger partial charge in [-0.25, -0.2) is 0 Å². The molecule has 1 amide bonds. The van der Waals surface area contributed by atoms with E-state index in [2.05, 4.69) is 30.4 Å². The summed E-state index contributed by atoms with van der Waals surface area (Å²) in [5.41, 5.74) is 1.89. The van der Waals surface area contributed by atoms with Gasteiger partial charge in [-0.1, -0.05) is 11.8 Å². The number of hydrogen-bond donors (Lipinski definition) is 2. The molecule has 2 bridgehead atoms. The molecule has 10 heteroatoms. The first-order chi connectivity index (χ1) is 14.2. The van der Waals surface area contributed by atoms with Gasteiger partial charge in [0.25, 0.3) is 0 Å². The second kappa shape index (κ2) is 8.29. The van der Waals surface area contributed by atoms with E-state index in [1.807, 2.05) is 17.8 Å². The second-order valence-corrected chi connectivity index (χ2v) is 9.50. The SMILES string of the molecule is O=C(CSc1n[nH]c(-c2ccco2)n1)NC1[C@@H]2CC[C@H]1CN(Cc1cncs1)C2. The lowest BCUT2D eigenvalue weighted by Crippen LogP contribution is -2.52. The van der Waals surface area contributed by atoms with Gasteiger partial charge in [0.1, 0.15) is 0 Å². The molecule has 152 valence electrons. The van der Waals surface area contributed by atoms with Crippen LogP contribution in [0.4, 0.5) is 0 Å². The smallest absolute Gasteiger partial charge is 0.230 e. The van der Waals surface area contributed by atoms with Gasteiger partial charge in [0.05, 0.1) is 17.5 Å². The van der Waals surface area contributed by atoms with Gasteiger partial charge < -0.3 is 9.73 Å². The van der Waals surface area contributed by atoms with E-state index in [9.17, 15) is 4.79 Å². The maximum Gasteiger partial charge on any atom is 0.230 e. The molecule has 8 nitrogen and oxygen atoms in total. The third-order valence-electron chi connectivity index (χ3n) is 5.65. The first-order valence-electron chi connectivity index (χ1n) is 9.73. The van der Waals surface area contributed by atoms with Crippen molar-refractivity contribution in [1.29, 1.82) is 0 Å². The van der Waals surface area contributed by atoms with Crippen LogP contribution >= 0.6 is 23.1 Å². The van der Waals surface area contributed by atoms with Crippen LogP contribution in [0.25, 0.3) is 11.6 Å². The zero-order chi connectivity index (χ0) is 19.6. The summed E-state index contributed by atoms with van der Waals surface area (Å²) in [6.07, 6.45) is 5.93. The van der Waals surface area contributed by atoms with Crippen LogP contribution in [0.1, 0.15) is 17.7 Å². The summed E-state index contributed by atoms with van der Waals surface area (Å²) in [5.74, 6) is 2.64. The number of aromatic amines is 1. The minimum Gasteiger partial charge on any atom is -0.461 e. The number of furan rings is 1. The molecule has 2 N–H and O–H groups in total. The third-order valence-corrected chi connectivity index (χ3v) is 7.26. The molecule has 2 fully saturated rings. The van der Waals surface area contributed by atoms with Crippen molar-refractivity contribution in [2.24, 2.45) is 11.8 Å². The number of fused-ring (bicyclic) bond motifs is 2. The summed E-state index contributed by atoms with van der Waals surface area (Å²) < 4.78 is 5.30. The molecular weight excluding hydrogens is 408 g/mol. The van der Waals surface area contributed by atoms with Gasteiger partial charge in [0.2, 0.25) is 11.1 Å². The summed E-state index contributed by atoms with van der Waals surface area (Å²) in [7, 11) is 0. The maximum absolute atomic E-state index is 12.5. The molecule has 0 aromatic carbocycles. The lowest BCUT2D eigenvalue weighted by molar-refractivity contribution is -0.120. The quantitative estimate of drug-likeness (QED) is 0.556. The molecule has 1 saturated heterocycles. The number of thiazole rings is 1. The molecule has 0 radical (unpaired) electrons. The van der Waals surface area contributed by atoms with E-state index in [4.69, 9.17) is 4.42 Å². The number of thioether (sulfide) groups is 1. The van der Waals surface area contributed by atoms with E-state index in [1.165, 1.54) is 29.5 Å². The number of rotatable bonds is 7. The number of hydrogen-bond acceptors (Lipinski definition) is 8. The van der Waals surface area contributed by atoms with Crippen molar-refractivity contribution in [3.05, 3.63) is 35.0 Å². The van der Waals surface area contributed by atoms with Gasteiger partial charge in [-0.2, -0.15) is 4.98 Å². The number of H-pyrrole nitrogens is 1. The van der Waals surface area contributed by atoms with E-state index in [0.717, 1.165) is 19.6 Å². The summed E-state index contributed by atoms with van der Waals surface area (Å²) in [6, 6.07) is 3.90. The molecule has 4 heterocycles. The highest BCUT2D eigenvalue weighted by Crippen LogP contribution is 2.37. The minimum absolute atomic E-state index is 0.0529. The van der Waals surface area contributed by atoms with Crippen molar-refractivity contribution in [1.82, 2.24) is 30.4 Å². The van der Waals surface area contributed by atoms with Crippen molar-refractivity contribution in [2.45, 2.75) is 30.6 Å². The maximum atomic E-state index is 12.5. The van der Waals surface area contributed by atoms with Crippen LogP contribution in [0.3, 0.4) is 0 Å². The summed E-state index contributed by atoms with van der Waals surface area (Å²) in [4.78, 5) is 24.9. The highest BCUT2D eigenvalue weighted by atomic mass is 32.2.